The highest BCUT2D eigenvalue weighted by Gasteiger charge is 2.06. The minimum Gasteiger partial charge on any atom is -0.399 e. The second-order valence-corrected chi connectivity index (χ2v) is 4.91. The molecular formula is C16H17N5. The maximum Gasteiger partial charge on any atom is 0.157 e. The number of anilines is 1. The molecule has 0 amide bonds. The molecule has 0 saturated carbocycles. The second-order valence-electron chi connectivity index (χ2n) is 4.91. The van der Waals surface area contributed by atoms with Crippen LogP contribution in [0.4, 0.5) is 5.69 Å². The Morgan fingerprint density at radius 3 is 2.57 bits per heavy atom. The molecule has 0 spiro atoms. The van der Waals surface area contributed by atoms with E-state index in [1.807, 2.05) is 49.6 Å². The zero-order valence-electron chi connectivity index (χ0n) is 12.1. The van der Waals surface area contributed by atoms with Crippen molar-refractivity contribution in [3.63, 3.8) is 0 Å². The first-order valence-corrected chi connectivity index (χ1v) is 6.91. The van der Waals surface area contributed by atoms with Crippen molar-refractivity contribution in [2.45, 2.75) is 20.3 Å². The van der Waals surface area contributed by atoms with Crippen LogP contribution in [-0.2, 0) is 6.42 Å². The topological polar surface area (TPSA) is 69.6 Å². The molecule has 0 aliphatic carbocycles. The van der Waals surface area contributed by atoms with Crippen LogP contribution in [0.25, 0.3) is 16.9 Å². The molecule has 0 unspecified atom stereocenters. The first kappa shape index (κ1) is 13.3. The molecule has 2 heterocycles. The first-order chi connectivity index (χ1) is 10.2. The highest BCUT2D eigenvalue weighted by atomic mass is 15.3. The number of nitrogen functional groups attached to an aromatic ring is 1. The molecule has 21 heavy (non-hydrogen) atoms. The lowest BCUT2D eigenvalue weighted by molar-refractivity contribution is 0.814. The van der Waals surface area contributed by atoms with Gasteiger partial charge in [-0.2, -0.15) is 5.10 Å². The van der Waals surface area contributed by atoms with Crippen molar-refractivity contribution in [2.75, 3.05) is 5.73 Å². The van der Waals surface area contributed by atoms with Gasteiger partial charge < -0.3 is 5.73 Å². The Morgan fingerprint density at radius 1 is 1.10 bits per heavy atom. The molecule has 3 aromatic rings. The zero-order valence-corrected chi connectivity index (χ0v) is 12.1. The number of aryl methyl sites for hydroxylation is 2. The summed E-state index contributed by atoms with van der Waals surface area (Å²) in [7, 11) is 0. The summed E-state index contributed by atoms with van der Waals surface area (Å²) in [6, 6.07) is 9.71. The van der Waals surface area contributed by atoms with E-state index in [0.717, 1.165) is 40.6 Å². The summed E-state index contributed by atoms with van der Waals surface area (Å²) < 4.78 is 1.78. The maximum absolute atomic E-state index is 5.71. The van der Waals surface area contributed by atoms with E-state index in [2.05, 4.69) is 22.0 Å². The van der Waals surface area contributed by atoms with Gasteiger partial charge in [-0.05, 0) is 31.0 Å². The second kappa shape index (κ2) is 5.36. The normalized spacial score (nSPS) is 10.8. The monoisotopic (exact) mass is 279 g/mol. The van der Waals surface area contributed by atoms with Gasteiger partial charge in [0.05, 0.1) is 6.20 Å². The van der Waals surface area contributed by atoms with Crippen LogP contribution in [0, 0.1) is 6.92 Å². The molecule has 5 heteroatoms. The summed E-state index contributed by atoms with van der Waals surface area (Å²) in [5.74, 6) is 1.55. The van der Waals surface area contributed by atoms with Crippen molar-refractivity contribution < 1.29 is 0 Å². The third kappa shape index (κ3) is 2.76. The van der Waals surface area contributed by atoms with E-state index < -0.39 is 0 Å². The van der Waals surface area contributed by atoms with E-state index in [0.29, 0.717) is 0 Å². The Kier molecular flexibility index (Phi) is 3.39. The Bertz CT molecular complexity index is 759. The highest BCUT2D eigenvalue weighted by molar-refractivity contribution is 5.64. The average Bonchev–Trinajstić information content (AvgIpc) is 2.97. The molecule has 106 valence electrons. The third-order valence-corrected chi connectivity index (χ3v) is 3.30. The molecule has 0 atom stereocenters. The van der Waals surface area contributed by atoms with Crippen LogP contribution in [0.2, 0.25) is 0 Å². The molecule has 0 saturated heterocycles. The molecule has 2 aromatic heterocycles. The molecule has 0 bridgehead atoms. The number of hydrogen-bond donors (Lipinski definition) is 1. The number of nitrogens with two attached hydrogens (primary N) is 1. The number of hydrogen-bond acceptors (Lipinski definition) is 4. The summed E-state index contributed by atoms with van der Waals surface area (Å²) in [4.78, 5) is 8.83. The van der Waals surface area contributed by atoms with Crippen LogP contribution in [0.3, 0.4) is 0 Å². The van der Waals surface area contributed by atoms with Gasteiger partial charge in [-0.3, -0.25) is 0 Å². The lowest BCUT2D eigenvalue weighted by Gasteiger charge is -2.04. The fourth-order valence-corrected chi connectivity index (χ4v) is 2.18. The van der Waals surface area contributed by atoms with Gasteiger partial charge in [0, 0.05) is 29.2 Å². The molecule has 0 aliphatic heterocycles. The quantitative estimate of drug-likeness (QED) is 0.748. The first-order valence-electron chi connectivity index (χ1n) is 6.91. The van der Waals surface area contributed by atoms with Crippen molar-refractivity contribution in [3.8, 4) is 16.9 Å². The fourth-order valence-electron chi connectivity index (χ4n) is 2.18. The highest BCUT2D eigenvalue weighted by Crippen LogP contribution is 2.21. The molecule has 2 N–H and O–H groups in total. The van der Waals surface area contributed by atoms with Gasteiger partial charge >= 0.3 is 0 Å². The van der Waals surface area contributed by atoms with E-state index in [9.17, 15) is 0 Å². The predicted molar refractivity (Wildman–Crippen MR) is 83.1 cm³/mol. The van der Waals surface area contributed by atoms with Crippen molar-refractivity contribution >= 4 is 5.69 Å². The minimum atomic E-state index is 0.755. The van der Waals surface area contributed by atoms with Gasteiger partial charge in [0.1, 0.15) is 5.82 Å². The average molecular weight is 279 g/mol. The van der Waals surface area contributed by atoms with E-state index in [4.69, 9.17) is 5.73 Å². The van der Waals surface area contributed by atoms with Crippen molar-refractivity contribution in [3.05, 3.63) is 54.2 Å². The van der Waals surface area contributed by atoms with E-state index in [1.165, 1.54) is 0 Å². The number of benzene rings is 1. The molecular weight excluding hydrogens is 262 g/mol. The Labute approximate surface area is 123 Å². The van der Waals surface area contributed by atoms with E-state index >= 15 is 0 Å². The van der Waals surface area contributed by atoms with Crippen molar-refractivity contribution in [2.24, 2.45) is 0 Å². The summed E-state index contributed by atoms with van der Waals surface area (Å²) >= 11 is 0. The van der Waals surface area contributed by atoms with Crippen LogP contribution in [-0.4, -0.2) is 19.7 Å². The van der Waals surface area contributed by atoms with Gasteiger partial charge in [0.2, 0.25) is 0 Å². The number of rotatable bonds is 3. The SMILES string of the molecule is CCc1cc(-n2cc(-c3ccc(N)cc3)cn2)nc(C)n1. The predicted octanol–water partition coefficient (Wildman–Crippen LogP) is 2.78. The third-order valence-electron chi connectivity index (χ3n) is 3.30. The fraction of sp³-hybridized carbons (Fsp3) is 0.188. The van der Waals surface area contributed by atoms with Gasteiger partial charge in [-0.1, -0.05) is 19.1 Å². The molecule has 5 nitrogen and oxygen atoms in total. The van der Waals surface area contributed by atoms with Gasteiger partial charge in [0.25, 0.3) is 0 Å². The Balaban J connectivity index is 1.98. The Morgan fingerprint density at radius 2 is 1.86 bits per heavy atom. The summed E-state index contributed by atoms with van der Waals surface area (Å²) in [5.41, 5.74) is 9.59. The van der Waals surface area contributed by atoms with Crippen LogP contribution in [0.15, 0.2) is 42.7 Å². The van der Waals surface area contributed by atoms with Crippen LogP contribution < -0.4 is 5.73 Å². The van der Waals surface area contributed by atoms with Gasteiger partial charge in [-0.15, -0.1) is 0 Å². The van der Waals surface area contributed by atoms with Crippen molar-refractivity contribution in [1.29, 1.82) is 0 Å². The summed E-state index contributed by atoms with van der Waals surface area (Å²) in [5, 5.41) is 4.40. The maximum atomic E-state index is 5.71. The summed E-state index contributed by atoms with van der Waals surface area (Å²) in [6.45, 7) is 3.97. The van der Waals surface area contributed by atoms with Crippen LogP contribution in [0.1, 0.15) is 18.4 Å². The van der Waals surface area contributed by atoms with Crippen molar-refractivity contribution in [1.82, 2.24) is 19.7 Å². The van der Waals surface area contributed by atoms with Crippen LogP contribution >= 0.6 is 0 Å². The summed E-state index contributed by atoms with van der Waals surface area (Å²) in [6.07, 6.45) is 4.67. The molecule has 0 radical (unpaired) electrons. The van der Waals surface area contributed by atoms with Crippen LogP contribution in [0.5, 0.6) is 0 Å². The largest absolute Gasteiger partial charge is 0.399 e. The zero-order chi connectivity index (χ0) is 14.8. The standard InChI is InChI=1S/C16H17N5/c1-3-15-8-16(20-11(2)19-15)21-10-13(9-18-21)12-4-6-14(17)7-5-12/h4-10H,3,17H2,1-2H3. The molecule has 0 aliphatic rings. The molecule has 3 rings (SSSR count). The molecule has 0 fully saturated rings. The minimum absolute atomic E-state index is 0.755. The smallest absolute Gasteiger partial charge is 0.157 e. The lowest BCUT2D eigenvalue weighted by Crippen LogP contribution is -2.03. The molecule has 1 aromatic carbocycles. The van der Waals surface area contributed by atoms with Gasteiger partial charge in [0.15, 0.2) is 5.82 Å². The van der Waals surface area contributed by atoms with E-state index in [1.54, 1.807) is 4.68 Å². The lowest BCUT2D eigenvalue weighted by atomic mass is 10.1. The van der Waals surface area contributed by atoms with Gasteiger partial charge in [-0.25, -0.2) is 14.6 Å². The van der Waals surface area contributed by atoms with E-state index in [-0.39, 0.29) is 0 Å². The number of nitrogens with zero attached hydrogens (tertiary/aromatic N) is 4. The Hall–Kier alpha value is -2.69. The number of aromatic nitrogens is 4.